The van der Waals surface area contributed by atoms with E-state index >= 15 is 0 Å². The SMILES string of the molecule is CNS(=O)(=O)Cc1ccc(CNC(=O)CCOc2ccccc2)cc1. The van der Waals surface area contributed by atoms with Gasteiger partial charge in [-0.2, -0.15) is 0 Å². The smallest absolute Gasteiger partial charge is 0.223 e. The van der Waals surface area contributed by atoms with Crippen LogP contribution in [0.3, 0.4) is 0 Å². The van der Waals surface area contributed by atoms with Crippen LogP contribution in [-0.4, -0.2) is 28.0 Å². The largest absolute Gasteiger partial charge is 0.493 e. The molecule has 0 fully saturated rings. The van der Waals surface area contributed by atoms with E-state index in [2.05, 4.69) is 10.0 Å². The summed E-state index contributed by atoms with van der Waals surface area (Å²) in [7, 11) is -1.89. The Morgan fingerprint density at radius 2 is 1.64 bits per heavy atom. The highest BCUT2D eigenvalue weighted by molar-refractivity contribution is 7.88. The lowest BCUT2D eigenvalue weighted by Crippen LogP contribution is -2.24. The number of carbonyl (C=O) groups is 1. The number of para-hydroxylation sites is 1. The molecule has 0 saturated heterocycles. The highest BCUT2D eigenvalue weighted by Crippen LogP contribution is 2.09. The topological polar surface area (TPSA) is 84.5 Å². The van der Waals surface area contributed by atoms with Crippen LogP contribution in [0.2, 0.25) is 0 Å². The Bertz CT molecular complexity index is 774. The molecular weight excluding hydrogens is 340 g/mol. The van der Waals surface area contributed by atoms with Gasteiger partial charge in [-0.25, -0.2) is 13.1 Å². The van der Waals surface area contributed by atoms with Crippen molar-refractivity contribution >= 4 is 15.9 Å². The van der Waals surface area contributed by atoms with E-state index in [0.29, 0.717) is 18.7 Å². The fraction of sp³-hybridized carbons (Fsp3) is 0.278. The molecule has 0 atom stereocenters. The second kappa shape index (κ2) is 9.19. The van der Waals surface area contributed by atoms with Gasteiger partial charge >= 0.3 is 0 Å². The number of nitrogens with one attached hydrogen (secondary N) is 2. The lowest BCUT2D eigenvalue weighted by molar-refractivity contribution is -0.121. The van der Waals surface area contributed by atoms with Crippen molar-refractivity contribution in [2.45, 2.75) is 18.7 Å². The molecule has 0 aliphatic carbocycles. The highest BCUT2D eigenvalue weighted by atomic mass is 32.2. The first-order chi connectivity index (χ1) is 12.0. The van der Waals surface area contributed by atoms with Gasteiger partial charge in [0.15, 0.2) is 0 Å². The molecule has 0 saturated carbocycles. The second-order valence-electron chi connectivity index (χ2n) is 5.47. The zero-order chi connectivity index (χ0) is 18.1. The Labute approximate surface area is 148 Å². The average molecular weight is 362 g/mol. The van der Waals surface area contributed by atoms with E-state index in [1.807, 2.05) is 30.3 Å². The van der Waals surface area contributed by atoms with E-state index in [4.69, 9.17) is 4.74 Å². The monoisotopic (exact) mass is 362 g/mol. The molecule has 0 aliphatic heterocycles. The van der Waals surface area contributed by atoms with Crippen molar-refractivity contribution in [2.24, 2.45) is 0 Å². The summed E-state index contributed by atoms with van der Waals surface area (Å²) in [6.45, 7) is 0.708. The molecule has 2 N–H and O–H groups in total. The molecule has 0 aliphatic rings. The highest BCUT2D eigenvalue weighted by Gasteiger charge is 2.08. The summed E-state index contributed by atoms with van der Waals surface area (Å²) in [6.07, 6.45) is 0.271. The van der Waals surface area contributed by atoms with Crippen molar-refractivity contribution in [1.29, 1.82) is 0 Å². The van der Waals surface area contributed by atoms with Crippen LogP contribution in [0.25, 0.3) is 0 Å². The zero-order valence-corrected chi connectivity index (χ0v) is 14.9. The molecule has 7 heteroatoms. The van der Waals surface area contributed by atoms with E-state index in [-0.39, 0.29) is 18.1 Å². The molecule has 6 nitrogen and oxygen atoms in total. The minimum absolute atomic E-state index is 0.0625. The van der Waals surface area contributed by atoms with Gasteiger partial charge < -0.3 is 10.1 Å². The molecule has 0 radical (unpaired) electrons. The van der Waals surface area contributed by atoms with Gasteiger partial charge in [-0.1, -0.05) is 42.5 Å². The average Bonchev–Trinajstić information content (AvgIpc) is 2.62. The van der Waals surface area contributed by atoms with Crippen molar-refractivity contribution in [2.75, 3.05) is 13.7 Å². The van der Waals surface area contributed by atoms with Gasteiger partial charge in [-0.15, -0.1) is 0 Å². The van der Waals surface area contributed by atoms with Gasteiger partial charge in [0.25, 0.3) is 0 Å². The molecule has 0 aromatic heterocycles. The number of hydrogen-bond donors (Lipinski definition) is 2. The van der Waals surface area contributed by atoms with E-state index in [1.165, 1.54) is 7.05 Å². The Kier molecular flexibility index (Phi) is 6.97. The van der Waals surface area contributed by atoms with Crippen LogP contribution < -0.4 is 14.8 Å². The third-order valence-corrected chi connectivity index (χ3v) is 4.86. The summed E-state index contributed by atoms with van der Waals surface area (Å²) in [6, 6.07) is 16.4. The first kappa shape index (κ1) is 19.0. The second-order valence-corrected chi connectivity index (χ2v) is 7.39. The zero-order valence-electron chi connectivity index (χ0n) is 14.1. The Hall–Kier alpha value is -2.38. The summed E-state index contributed by atoms with van der Waals surface area (Å²) in [5.41, 5.74) is 1.60. The van der Waals surface area contributed by atoms with Crippen LogP contribution in [0.1, 0.15) is 17.5 Å². The number of benzene rings is 2. The third kappa shape index (κ3) is 6.94. The molecule has 2 aromatic carbocycles. The Morgan fingerprint density at radius 3 is 2.28 bits per heavy atom. The van der Waals surface area contributed by atoms with Gasteiger partial charge in [0.2, 0.25) is 15.9 Å². The molecular formula is C18H22N2O4S. The number of rotatable bonds is 9. The molecule has 0 bridgehead atoms. The van der Waals surface area contributed by atoms with E-state index < -0.39 is 10.0 Å². The minimum Gasteiger partial charge on any atom is -0.493 e. The number of sulfonamides is 1. The van der Waals surface area contributed by atoms with Gasteiger partial charge in [0.05, 0.1) is 18.8 Å². The van der Waals surface area contributed by atoms with Crippen molar-refractivity contribution < 1.29 is 17.9 Å². The van der Waals surface area contributed by atoms with E-state index in [0.717, 1.165) is 11.3 Å². The van der Waals surface area contributed by atoms with Gasteiger partial charge in [0.1, 0.15) is 5.75 Å². The normalized spacial score (nSPS) is 11.1. The molecule has 0 unspecified atom stereocenters. The molecule has 2 aromatic rings. The number of hydrogen-bond acceptors (Lipinski definition) is 4. The standard InChI is InChI=1S/C18H22N2O4S/c1-19-25(22,23)14-16-9-7-15(8-10-16)13-20-18(21)11-12-24-17-5-3-2-4-6-17/h2-10,19H,11-14H2,1H3,(H,20,21). The molecule has 2 rings (SSSR count). The molecule has 0 spiro atoms. The summed E-state index contributed by atoms with van der Waals surface area (Å²) < 4.78 is 30.7. The predicted octanol–water partition coefficient (Wildman–Crippen LogP) is 1.82. The third-order valence-electron chi connectivity index (χ3n) is 3.52. The quantitative estimate of drug-likeness (QED) is 0.713. The minimum atomic E-state index is -3.28. The molecule has 25 heavy (non-hydrogen) atoms. The van der Waals surface area contributed by atoms with Crippen molar-refractivity contribution in [3.05, 3.63) is 65.7 Å². The summed E-state index contributed by atoms with van der Waals surface area (Å²) >= 11 is 0. The molecule has 1 amide bonds. The van der Waals surface area contributed by atoms with Crippen LogP contribution >= 0.6 is 0 Å². The first-order valence-corrected chi connectivity index (χ1v) is 9.57. The van der Waals surface area contributed by atoms with Crippen molar-refractivity contribution in [1.82, 2.24) is 10.0 Å². The maximum absolute atomic E-state index is 11.8. The van der Waals surface area contributed by atoms with Crippen molar-refractivity contribution in [3.8, 4) is 5.75 Å². The number of carbonyl (C=O) groups excluding carboxylic acids is 1. The summed E-state index contributed by atoms with van der Waals surface area (Å²) in [4.78, 5) is 11.8. The van der Waals surface area contributed by atoms with Crippen LogP contribution in [-0.2, 0) is 27.1 Å². The van der Waals surface area contributed by atoms with Gasteiger partial charge in [-0.05, 0) is 30.3 Å². The van der Waals surface area contributed by atoms with Crippen LogP contribution in [0.15, 0.2) is 54.6 Å². The summed E-state index contributed by atoms with van der Waals surface area (Å²) in [5, 5.41) is 2.81. The van der Waals surface area contributed by atoms with Gasteiger partial charge in [0, 0.05) is 6.54 Å². The fourth-order valence-electron chi connectivity index (χ4n) is 2.11. The molecule has 0 heterocycles. The van der Waals surface area contributed by atoms with Crippen LogP contribution in [0.5, 0.6) is 5.75 Å². The lowest BCUT2D eigenvalue weighted by Gasteiger charge is -2.08. The maximum atomic E-state index is 11.8. The molecule has 134 valence electrons. The predicted molar refractivity (Wildman–Crippen MR) is 96.5 cm³/mol. The van der Waals surface area contributed by atoms with Crippen molar-refractivity contribution in [3.63, 3.8) is 0 Å². The number of amides is 1. The van der Waals surface area contributed by atoms with E-state index in [9.17, 15) is 13.2 Å². The van der Waals surface area contributed by atoms with E-state index in [1.54, 1.807) is 24.3 Å². The Balaban J connectivity index is 1.72. The maximum Gasteiger partial charge on any atom is 0.223 e. The number of ether oxygens (including phenoxy) is 1. The van der Waals surface area contributed by atoms with Gasteiger partial charge in [-0.3, -0.25) is 4.79 Å². The lowest BCUT2D eigenvalue weighted by atomic mass is 10.1. The Morgan fingerprint density at radius 1 is 1.00 bits per heavy atom. The first-order valence-electron chi connectivity index (χ1n) is 7.92. The summed E-state index contributed by atoms with van der Waals surface area (Å²) in [5.74, 6) is 0.577. The van der Waals surface area contributed by atoms with Crippen LogP contribution in [0, 0.1) is 0 Å². The van der Waals surface area contributed by atoms with Crippen LogP contribution in [0.4, 0.5) is 0 Å². The fourth-order valence-corrected chi connectivity index (χ4v) is 2.89.